The van der Waals surface area contributed by atoms with Crippen molar-refractivity contribution in [2.75, 3.05) is 26.8 Å². The van der Waals surface area contributed by atoms with Gasteiger partial charge in [0, 0.05) is 7.11 Å². The van der Waals surface area contributed by atoms with E-state index in [0.29, 0.717) is 0 Å². The van der Waals surface area contributed by atoms with Crippen molar-refractivity contribution >= 4 is 0 Å². The van der Waals surface area contributed by atoms with Gasteiger partial charge in [-0.1, -0.05) is 0 Å². The van der Waals surface area contributed by atoms with Crippen LogP contribution >= 0.6 is 0 Å². The van der Waals surface area contributed by atoms with Crippen LogP contribution in [0.5, 0.6) is 0 Å². The van der Waals surface area contributed by atoms with Gasteiger partial charge in [-0.25, -0.2) is 0 Å². The molecule has 0 saturated carbocycles. The summed E-state index contributed by atoms with van der Waals surface area (Å²) in [4.78, 5) is 2.10. The second-order valence-corrected chi connectivity index (χ2v) is 2.69. The van der Waals surface area contributed by atoms with Gasteiger partial charge in [-0.3, -0.25) is 7.05 Å². The molecule has 2 nitrogen and oxygen atoms in total. The lowest BCUT2D eigenvalue weighted by atomic mass is 10.1. The minimum absolute atomic E-state index is 0.729. The first-order valence-corrected chi connectivity index (χ1v) is 3.37. The zero-order chi connectivity index (χ0) is 6.69. The van der Waals surface area contributed by atoms with Gasteiger partial charge in [-0.05, 0) is 25.4 Å². The van der Waals surface area contributed by atoms with Gasteiger partial charge in [0.1, 0.15) is 0 Å². The number of rotatable bonds is 2. The predicted molar refractivity (Wildman–Crippen MR) is 36.9 cm³/mol. The number of methoxy groups -OCH3 is 1. The van der Waals surface area contributed by atoms with Crippen molar-refractivity contribution in [1.29, 1.82) is 0 Å². The Labute approximate surface area is 56.8 Å². The second kappa shape index (κ2) is 3.18. The summed E-state index contributed by atoms with van der Waals surface area (Å²) in [7, 11) is 5.60. The molecule has 0 aromatic heterocycles. The highest BCUT2D eigenvalue weighted by molar-refractivity contribution is 4.73. The Bertz CT molecular complexity index is 83.0. The molecule has 1 saturated heterocycles. The monoisotopic (exact) mass is 128 g/mol. The molecule has 0 aromatic rings. The van der Waals surface area contributed by atoms with Crippen molar-refractivity contribution in [2.24, 2.45) is 5.92 Å². The van der Waals surface area contributed by atoms with Crippen LogP contribution in [0.1, 0.15) is 6.42 Å². The Balaban J connectivity index is 2.14. The fraction of sp³-hybridized carbons (Fsp3) is 0.857. The number of hydrogen-bond acceptors (Lipinski definition) is 2. The normalized spacial score (nSPS) is 29.3. The van der Waals surface area contributed by atoms with Crippen LogP contribution in [0.3, 0.4) is 0 Å². The molecule has 0 bridgehead atoms. The highest BCUT2D eigenvalue weighted by Crippen LogP contribution is 2.14. The van der Waals surface area contributed by atoms with Gasteiger partial charge in [0.2, 0.25) is 0 Å². The average molecular weight is 128 g/mol. The fourth-order valence-corrected chi connectivity index (χ4v) is 1.28. The van der Waals surface area contributed by atoms with Crippen molar-refractivity contribution in [2.45, 2.75) is 6.42 Å². The third-order valence-electron chi connectivity index (χ3n) is 1.77. The average Bonchev–Trinajstić information content (AvgIpc) is 2.17. The molecule has 54 valence electrons. The second-order valence-electron chi connectivity index (χ2n) is 2.69. The molecule has 2 heteroatoms. The van der Waals surface area contributed by atoms with E-state index in [-0.39, 0.29) is 0 Å². The maximum absolute atomic E-state index is 5.02. The minimum atomic E-state index is 0.729. The lowest BCUT2D eigenvalue weighted by molar-refractivity contribution is 0.156. The van der Waals surface area contributed by atoms with Gasteiger partial charge in [-0.15, -0.1) is 0 Å². The van der Waals surface area contributed by atoms with E-state index in [4.69, 9.17) is 4.74 Å². The highest BCUT2D eigenvalue weighted by Gasteiger charge is 2.14. The molecule has 1 rings (SSSR count). The molecular weight excluding hydrogens is 114 g/mol. The first-order chi connectivity index (χ1) is 4.33. The van der Waals surface area contributed by atoms with Crippen LogP contribution < -0.4 is 0 Å². The van der Waals surface area contributed by atoms with Gasteiger partial charge < -0.3 is 9.64 Å². The Morgan fingerprint density at radius 1 is 1.78 bits per heavy atom. The number of nitrogens with zero attached hydrogens (tertiary/aromatic N) is 1. The summed E-state index contributed by atoms with van der Waals surface area (Å²) in [5, 5.41) is 0. The first kappa shape index (κ1) is 7.03. The van der Waals surface area contributed by atoms with Crippen LogP contribution in [0, 0.1) is 13.0 Å². The third kappa shape index (κ3) is 1.95. The summed E-state index contributed by atoms with van der Waals surface area (Å²) in [5.74, 6) is 0.729. The molecule has 1 unspecified atom stereocenters. The maximum Gasteiger partial charge on any atom is 0.0502 e. The van der Waals surface area contributed by atoms with Gasteiger partial charge in [0.05, 0.1) is 6.61 Å². The van der Waals surface area contributed by atoms with Crippen molar-refractivity contribution in [3.05, 3.63) is 7.05 Å². The van der Waals surface area contributed by atoms with Crippen molar-refractivity contribution < 1.29 is 4.74 Å². The third-order valence-corrected chi connectivity index (χ3v) is 1.77. The molecular formula is C7H14NO-. The standard InChI is InChI=1S/C7H14NO/c1-8-4-3-7(5-8)6-9-2/h7H,1,3-6H2,2H3/q-1. The van der Waals surface area contributed by atoms with E-state index in [0.717, 1.165) is 25.6 Å². The maximum atomic E-state index is 5.02. The summed E-state index contributed by atoms with van der Waals surface area (Å²) in [5.41, 5.74) is 0. The molecule has 0 spiro atoms. The van der Waals surface area contributed by atoms with Crippen LogP contribution in [0.4, 0.5) is 0 Å². The van der Waals surface area contributed by atoms with E-state index < -0.39 is 0 Å². The van der Waals surface area contributed by atoms with Crippen LogP contribution in [-0.2, 0) is 4.74 Å². The van der Waals surface area contributed by atoms with E-state index >= 15 is 0 Å². The van der Waals surface area contributed by atoms with Crippen molar-refractivity contribution in [3.63, 3.8) is 0 Å². The first-order valence-electron chi connectivity index (χ1n) is 3.37. The summed E-state index contributed by atoms with van der Waals surface area (Å²) in [6.45, 7) is 3.13. The number of likely N-dealkylation sites (tertiary alicyclic amines) is 1. The van der Waals surface area contributed by atoms with Gasteiger partial charge in [0.25, 0.3) is 0 Å². The molecule has 9 heavy (non-hydrogen) atoms. The molecule has 0 aliphatic carbocycles. The molecule has 1 heterocycles. The quantitative estimate of drug-likeness (QED) is 0.509. The number of hydrogen-bond donors (Lipinski definition) is 0. The van der Waals surface area contributed by atoms with Crippen molar-refractivity contribution in [1.82, 2.24) is 4.90 Å². The molecule has 0 aromatic carbocycles. The SMILES string of the molecule is [CH2-]N1CCC(COC)C1. The van der Waals surface area contributed by atoms with Gasteiger partial charge >= 0.3 is 0 Å². The van der Waals surface area contributed by atoms with E-state index in [1.165, 1.54) is 6.42 Å². The molecule has 0 amide bonds. The summed E-state index contributed by atoms with van der Waals surface area (Å²) in [6, 6.07) is 0. The predicted octanol–water partition coefficient (Wildman–Crippen LogP) is 0.746. The number of ether oxygens (including phenoxy) is 1. The van der Waals surface area contributed by atoms with Crippen LogP contribution in [-0.4, -0.2) is 31.7 Å². The fourth-order valence-electron chi connectivity index (χ4n) is 1.28. The van der Waals surface area contributed by atoms with Crippen molar-refractivity contribution in [3.8, 4) is 0 Å². The van der Waals surface area contributed by atoms with E-state index in [1.54, 1.807) is 7.11 Å². The Morgan fingerprint density at radius 3 is 3.00 bits per heavy atom. The van der Waals surface area contributed by atoms with E-state index in [1.807, 2.05) is 0 Å². The van der Waals surface area contributed by atoms with Crippen LogP contribution in [0.25, 0.3) is 0 Å². The van der Waals surface area contributed by atoms with E-state index in [2.05, 4.69) is 11.9 Å². The minimum Gasteiger partial charge on any atom is -0.459 e. The summed E-state index contributed by atoms with van der Waals surface area (Å²) in [6.07, 6.45) is 1.25. The van der Waals surface area contributed by atoms with Gasteiger partial charge in [0.15, 0.2) is 0 Å². The lowest BCUT2D eigenvalue weighted by Crippen LogP contribution is -2.14. The zero-order valence-corrected chi connectivity index (χ0v) is 5.97. The molecule has 1 aliphatic heterocycles. The Morgan fingerprint density at radius 2 is 2.56 bits per heavy atom. The molecule has 0 N–H and O–H groups in total. The topological polar surface area (TPSA) is 12.5 Å². The molecule has 0 radical (unpaired) electrons. The molecule has 1 atom stereocenters. The molecule has 1 fully saturated rings. The Hall–Kier alpha value is -0.0800. The van der Waals surface area contributed by atoms with Gasteiger partial charge in [-0.2, -0.15) is 0 Å². The summed E-state index contributed by atoms with van der Waals surface area (Å²) < 4.78 is 5.02. The summed E-state index contributed by atoms with van der Waals surface area (Å²) >= 11 is 0. The smallest absolute Gasteiger partial charge is 0.0502 e. The molecule has 1 aliphatic rings. The van der Waals surface area contributed by atoms with Crippen LogP contribution in [0.2, 0.25) is 0 Å². The highest BCUT2D eigenvalue weighted by atomic mass is 16.5. The van der Waals surface area contributed by atoms with E-state index in [9.17, 15) is 0 Å². The lowest BCUT2D eigenvalue weighted by Gasteiger charge is -2.15. The largest absolute Gasteiger partial charge is 0.459 e. The Kier molecular flexibility index (Phi) is 2.49. The van der Waals surface area contributed by atoms with Crippen LogP contribution in [0.15, 0.2) is 0 Å². The zero-order valence-electron chi connectivity index (χ0n) is 5.97.